The van der Waals surface area contributed by atoms with Gasteiger partial charge in [0.1, 0.15) is 5.82 Å². The Morgan fingerprint density at radius 2 is 1.69 bits per heavy atom. The molecule has 1 aromatic heterocycles. The Hall–Kier alpha value is -1.96. The zero-order valence-electron chi connectivity index (χ0n) is 16.7. The third kappa shape index (κ3) is 5.15. The van der Waals surface area contributed by atoms with Crippen molar-refractivity contribution in [1.29, 1.82) is 0 Å². The normalized spacial score (nSPS) is 19.4. The van der Waals surface area contributed by atoms with Crippen molar-refractivity contribution in [3.63, 3.8) is 0 Å². The largest absolute Gasteiger partial charge is 0.342 e. The van der Waals surface area contributed by atoms with Crippen molar-refractivity contribution in [2.45, 2.75) is 32.2 Å². The fraction of sp³-hybridized carbons (Fsp3) is 0.571. The van der Waals surface area contributed by atoms with Crippen LogP contribution in [0.15, 0.2) is 23.0 Å². The van der Waals surface area contributed by atoms with Crippen LogP contribution in [0.25, 0.3) is 10.9 Å². The van der Waals surface area contributed by atoms with Crippen LogP contribution >= 0.6 is 11.6 Å². The molecule has 0 atom stereocenters. The fourth-order valence-corrected chi connectivity index (χ4v) is 4.34. The topological polar surface area (TPSA) is 72.5 Å². The summed E-state index contributed by atoms with van der Waals surface area (Å²) in [7, 11) is 0. The van der Waals surface area contributed by atoms with Gasteiger partial charge in [0.05, 0.1) is 24.0 Å². The number of amides is 1. The van der Waals surface area contributed by atoms with Gasteiger partial charge in [0, 0.05) is 44.3 Å². The quantitative estimate of drug-likeness (QED) is 0.824. The van der Waals surface area contributed by atoms with Crippen LogP contribution in [-0.4, -0.2) is 76.4 Å². The lowest BCUT2D eigenvalue weighted by Crippen LogP contribution is -2.50. The Kier molecular flexibility index (Phi) is 6.47. The van der Waals surface area contributed by atoms with Crippen molar-refractivity contribution >= 4 is 28.4 Å². The molecular formula is C21H28ClN5O2. The van der Waals surface area contributed by atoms with Crippen LogP contribution in [0.5, 0.6) is 0 Å². The maximum absolute atomic E-state index is 12.6. The van der Waals surface area contributed by atoms with Crippen LogP contribution in [0, 0.1) is 0 Å². The molecule has 7 nitrogen and oxygen atoms in total. The summed E-state index contributed by atoms with van der Waals surface area (Å²) in [5.74, 6) is 0.929. The van der Waals surface area contributed by atoms with Gasteiger partial charge < -0.3 is 9.88 Å². The average Bonchev–Trinajstić information content (AvgIpc) is 3.00. The summed E-state index contributed by atoms with van der Waals surface area (Å²) in [6, 6.07) is 5.18. The number of carbonyl (C=O) groups is 1. The van der Waals surface area contributed by atoms with Gasteiger partial charge in [-0.3, -0.25) is 19.4 Å². The van der Waals surface area contributed by atoms with Crippen molar-refractivity contribution < 1.29 is 4.79 Å². The molecule has 0 unspecified atom stereocenters. The smallest absolute Gasteiger partial charge is 0.258 e. The Morgan fingerprint density at radius 3 is 2.41 bits per heavy atom. The molecule has 1 N–H and O–H groups in total. The van der Waals surface area contributed by atoms with E-state index in [0.29, 0.717) is 34.8 Å². The van der Waals surface area contributed by atoms with Gasteiger partial charge in [-0.2, -0.15) is 0 Å². The van der Waals surface area contributed by atoms with Gasteiger partial charge in [-0.15, -0.1) is 0 Å². The van der Waals surface area contributed by atoms with Gasteiger partial charge in [-0.05, 0) is 31.0 Å². The van der Waals surface area contributed by atoms with Crippen molar-refractivity contribution in [2.24, 2.45) is 0 Å². The fourth-order valence-electron chi connectivity index (χ4n) is 4.16. The first-order valence-corrected chi connectivity index (χ1v) is 10.9. The summed E-state index contributed by atoms with van der Waals surface area (Å²) < 4.78 is 0. The number of halogens is 1. The van der Waals surface area contributed by atoms with Gasteiger partial charge in [0.25, 0.3) is 5.56 Å². The molecule has 29 heavy (non-hydrogen) atoms. The first kappa shape index (κ1) is 20.3. The van der Waals surface area contributed by atoms with E-state index in [-0.39, 0.29) is 11.5 Å². The highest BCUT2D eigenvalue weighted by molar-refractivity contribution is 6.31. The SMILES string of the molecule is O=C(CN1CCN(Cc2nc3ccc(Cl)cc3c(=O)[nH]2)CC1)N1CCCCCC1. The number of aromatic amines is 1. The Balaban J connectivity index is 1.31. The third-order valence-electron chi connectivity index (χ3n) is 5.87. The summed E-state index contributed by atoms with van der Waals surface area (Å²) >= 11 is 5.97. The molecule has 1 aromatic carbocycles. The second-order valence-corrected chi connectivity index (χ2v) is 8.46. The van der Waals surface area contributed by atoms with Crippen molar-refractivity contribution in [3.8, 4) is 0 Å². The van der Waals surface area contributed by atoms with Crippen molar-refractivity contribution in [2.75, 3.05) is 45.8 Å². The van der Waals surface area contributed by atoms with Gasteiger partial charge in [0.15, 0.2) is 0 Å². The van der Waals surface area contributed by atoms with Gasteiger partial charge in [0.2, 0.25) is 5.91 Å². The summed E-state index contributed by atoms with van der Waals surface area (Å²) in [4.78, 5) is 38.9. The van der Waals surface area contributed by atoms with E-state index in [1.807, 2.05) is 4.90 Å². The summed E-state index contributed by atoms with van der Waals surface area (Å²) in [6.07, 6.45) is 4.73. The maximum Gasteiger partial charge on any atom is 0.258 e. The number of nitrogens with one attached hydrogen (secondary N) is 1. The monoisotopic (exact) mass is 417 g/mol. The van der Waals surface area contributed by atoms with E-state index in [1.165, 1.54) is 12.8 Å². The molecular weight excluding hydrogens is 390 g/mol. The van der Waals surface area contributed by atoms with Crippen LogP contribution in [0.1, 0.15) is 31.5 Å². The maximum atomic E-state index is 12.6. The van der Waals surface area contributed by atoms with E-state index < -0.39 is 0 Å². The minimum absolute atomic E-state index is 0.158. The van der Waals surface area contributed by atoms with E-state index in [9.17, 15) is 9.59 Å². The molecule has 2 fully saturated rings. The number of benzene rings is 1. The number of fused-ring (bicyclic) bond motifs is 1. The standard InChI is InChI=1S/C21H28ClN5O2/c22-16-5-6-18-17(13-16)21(29)24-19(23-18)14-25-9-11-26(12-10-25)15-20(28)27-7-3-1-2-4-8-27/h5-6,13H,1-4,7-12,14-15H2,(H,23,24,29). The predicted molar refractivity (Wildman–Crippen MR) is 114 cm³/mol. The Bertz CT molecular complexity index is 915. The second kappa shape index (κ2) is 9.24. The van der Waals surface area contributed by atoms with Gasteiger partial charge in [-0.25, -0.2) is 4.98 Å². The van der Waals surface area contributed by atoms with Crippen molar-refractivity contribution in [3.05, 3.63) is 39.4 Å². The molecule has 0 spiro atoms. The molecule has 0 radical (unpaired) electrons. The Labute approximate surface area is 175 Å². The predicted octanol–water partition coefficient (Wildman–Crippen LogP) is 2.10. The number of nitrogens with zero attached hydrogens (tertiary/aromatic N) is 4. The molecule has 156 valence electrons. The minimum atomic E-state index is -0.158. The molecule has 2 saturated heterocycles. The average molecular weight is 418 g/mol. The third-order valence-corrected chi connectivity index (χ3v) is 6.11. The van der Waals surface area contributed by atoms with Crippen LogP contribution in [0.2, 0.25) is 5.02 Å². The van der Waals surface area contributed by atoms with Crippen LogP contribution in [0.3, 0.4) is 0 Å². The van der Waals surface area contributed by atoms with Crippen molar-refractivity contribution in [1.82, 2.24) is 24.7 Å². The molecule has 2 aromatic rings. The molecule has 8 heteroatoms. The van der Waals surface area contributed by atoms with Gasteiger partial charge in [-0.1, -0.05) is 24.4 Å². The first-order chi connectivity index (χ1) is 14.1. The first-order valence-electron chi connectivity index (χ1n) is 10.5. The highest BCUT2D eigenvalue weighted by Crippen LogP contribution is 2.15. The summed E-state index contributed by atoms with van der Waals surface area (Å²) in [6.45, 7) is 6.35. The number of rotatable bonds is 4. The lowest BCUT2D eigenvalue weighted by molar-refractivity contribution is -0.132. The minimum Gasteiger partial charge on any atom is -0.342 e. The van der Waals surface area contributed by atoms with Gasteiger partial charge >= 0.3 is 0 Å². The summed E-state index contributed by atoms with van der Waals surface area (Å²) in [5, 5.41) is 1.04. The molecule has 2 aliphatic rings. The number of carbonyl (C=O) groups excluding carboxylic acids is 1. The lowest BCUT2D eigenvalue weighted by atomic mass is 10.2. The van der Waals surface area contributed by atoms with E-state index in [4.69, 9.17) is 11.6 Å². The van der Waals surface area contributed by atoms with E-state index in [2.05, 4.69) is 19.8 Å². The van der Waals surface area contributed by atoms with Crippen LogP contribution in [0.4, 0.5) is 0 Å². The molecule has 0 bridgehead atoms. The molecule has 2 aliphatic heterocycles. The molecule has 0 saturated carbocycles. The number of likely N-dealkylation sites (tertiary alicyclic amines) is 1. The second-order valence-electron chi connectivity index (χ2n) is 8.02. The number of piperazine rings is 1. The highest BCUT2D eigenvalue weighted by Gasteiger charge is 2.23. The number of H-pyrrole nitrogens is 1. The molecule has 4 rings (SSSR count). The zero-order chi connectivity index (χ0) is 20.2. The lowest BCUT2D eigenvalue weighted by Gasteiger charge is -2.35. The molecule has 1 amide bonds. The number of hydrogen-bond donors (Lipinski definition) is 1. The molecule has 3 heterocycles. The van der Waals surface area contributed by atoms with E-state index in [0.717, 1.165) is 52.1 Å². The highest BCUT2D eigenvalue weighted by atomic mass is 35.5. The number of hydrogen-bond acceptors (Lipinski definition) is 5. The van der Waals surface area contributed by atoms with E-state index >= 15 is 0 Å². The van der Waals surface area contributed by atoms with Crippen LogP contribution < -0.4 is 5.56 Å². The van der Waals surface area contributed by atoms with E-state index in [1.54, 1.807) is 18.2 Å². The zero-order valence-corrected chi connectivity index (χ0v) is 17.5. The van der Waals surface area contributed by atoms with Crippen LogP contribution in [-0.2, 0) is 11.3 Å². The number of aromatic nitrogens is 2. The Morgan fingerprint density at radius 1 is 1.00 bits per heavy atom. The molecule has 0 aliphatic carbocycles. The summed E-state index contributed by atoms with van der Waals surface area (Å²) in [5.41, 5.74) is 0.504.